The number of nitrogens with one attached hydrogen (secondary N) is 3. The highest BCUT2D eigenvalue weighted by molar-refractivity contribution is 5.94. The minimum Gasteiger partial charge on any atom is -0.385 e. The summed E-state index contributed by atoms with van der Waals surface area (Å²) in [4.78, 5) is 12.0. The van der Waals surface area contributed by atoms with Gasteiger partial charge in [0, 0.05) is 23.2 Å². The lowest BCUT2D eigenvalue weighted by molar-refractivity contribution is 0.525. The third-order valence-electron chi connectivity index (χ3n) is 5.09. The van der Waals surface area contributed by atoms with Crippen LogP contribution < -0.4 is 16.2 Å². The summed E-state index contributed by atoms with van der Waals surface area (Å²) in [6, 6.07) is 15.8. The second-order valence-corrected chi connectivity index (χ2v) is 7.95. The molecule has 2 aromatic carbocycles. The Hall–Kier alpha value is -2.37. The van der Waals surface area contributed by atoms with Gasteiger partial charge in [0.25, 0.3) is 5.56 Å². The van der Waals surface area contributed by atoms with Crippen LogP contribution in [0.25, 0.3) is 22.0 Å². The third-order valence-corrected chi connectivity index (χ3v) is 5.09. The fourth-order valence-electron chi connectivity index (χ4n) is 3.41. The average molecular weight is 429 g/mol. The molecular formula is C24H33ClN4O. The van der Waals surface area contributed by atoms with Crippen molar-refractivity contribution in [3.05, 3.63) is 58.9 Å². The molecule has 0 atom stereocenters. The number of fused-ring (bicyclic) bond motifs is 1. The highest BCUT2D eigenvalue weighted by atomic mass is 35.5. The van der Waals surface area contributed by atoms with Gasteiger partial charge in [0.05, 0.1) is 11.1 Å². The number of hydrogen-bond acceptors (Lipinski definition) is 4. The summed E-state index contributed by atoms with van der Waals surface area (Å²) < 4.78 is 0. The van der Waals surface area contributed by atoms with Gasteiger partial charge >= 0.3 is 0 Å². The quantitative estimate of drug-likeness (QED) is 0.366. The van der Waals surface area contributed by atoms with E-state index < -0.39 is 0 Å². The Kier molecular flexibility index (Phi) is 9.84. The Labute approximate surface area is 185 Å². The third kappa shape index (κ3) is 6.85. The lowest BCUT2D eigenvalue weighted by Crippen LogP contribution is -2.18. The van der Waals surface area contributed by atoms with Crippen LogP contribution in [-0.2, 0) is 0 Å². The molecule has 5 nitrogen and oxygen atoms in total. The van der Waals surface area contributed by atoms with Crippen LogP contribution in [0, 0.1) is 5.92 Å². The minimum atomic E-state index is -0.155. The van der Waals surface area contributed by atoms with Crippen LogP contribution in [0.4, 0.5) is 5.69 Å². The normalized spacial score (nSPS) is 10.9. The molecule has 0 spiro atoms. The zero-order valence-corrected chi connectivity index (χ0v) is 18.7. The van der Waals surface area contributed by atoms with E-state index in [1.165, 1.54) is 19.3 Å². The maximum absolute atomic E-state index is 12.0. The van der Waals surface area contributed by atoms with Crippen LogP contribution in [0.15, 0.2) is 53.3 Å². The Morgan fingerprint density at radius 1 is 0.933 bits per heavy atom. The molecule has 1 heterocycles. The molecule has 3 N–H and O–H groups in total. The molecule has 0 aliphatic carbocycles. The zero-order chi connectivity index (χ0) is 20.5. The summed E-state index contributed by atoms with van der Waals surface area (Å²) in [5, 5.41) is 15.5. The van der Waals surface area contributed by atoms with Crippen LogP contribution >= 0.6 is 12.4 Å². The summed E-state index contributed by atoms with van der Waals surface area (Å²) in [5.41, 5.74) is 2.72. The molecule has 0 aliphatic rings. The first kappa shape index (κ1) is 23.9. The van der Waals surface area contributed by atoms with Gasteiger partial charge in [-0.1, -0.05) is 50.6 Å². The first-order valence-corrected chi connectivity index (χ1v) is 10.7. The number of rotatable bonds is 11. The molecule has 30 heavy (non-hydrogen) atoms. The molecule has 0 saturated heterocycles. The number of unbranched alkanes of at least 4 members (excludes halogenated alkanes) is 2. The zero-order valence-electron chi connectivity index (χ0n) is 17.9. The number of benzene rings is 2. The van der Waals surface area contributed by atoms with Crippen molar-refractivity contribution in [3.8, 4) is 11.3 Å². The number of nitrogens with zero attached hydrogens (tertiary/aromatic N) is 1. The number of aromatic amines is 1. The lowest BCUT2D eigenvalue weighted by Gasteiger charge is -2.10. The van der Waals surface area contributed by atoms with Crippen LogP contribution in [0.2, 0.25) is 0 Å². The van der Waals surface area contributed by atoms with Gasteiger partial charge in [0.2, 0.25) is 0 Å². The Balaban J connectivity index is 0.00000320. The van der Waals surface area contributed by atoms with Gasteiger partial charge in [0.1, 0.15) is 0 Å². The standard InChI is InChI=1S/C24H32N4O.ClH/c1-18(2)13-16-25-14-6-3-7-15-26-20-10-8-9-19(17-20)23-21-11-4-5-12-22(21)24(29)28-27-23;/h4-5,8-12,17-18,25-26H,3,6-7,13-16H2,1-2H3,(H,28,29);1H. The van der Waals surface area contributed by atoms with Crippen molar-refractivity contribution in [1.29, 1.82) is 0 Å². The molecule has 0 bridgehead atoms. The van der Waals surface area contributed by atoms with E-state index in [1.807, 2.05) is 36.4 Å². The number of H-pyrrole nitrogens is 1. The molecule has 0 aliphatic heterocycles. The molecule has 0 saturated carbocycles. The van der Waals surface area contributed by atoms with E-state index in [2.05, 4.69) is 46.8 Å². The predicted molar refractivity (Wildman–Crippen MR) is 130 cm³/mol. The number of anilines is 1. The van der Waals surface area contributed by atoms with Crippen molar-refractivity contribution < 1.29 is 0 Å². The maximum atomic E-state index is 12.0. The molecule has 0 radical (unpaired) electrons. The second kappa shape index (κ2) is 12.4. The van der Waals surface area contributed by atoms with Crippen LogP contribution in [-0.4, -0.2) is 29.8 Å². The molecule has 3 rings (SSSR count). The molecule has 6 heteroatoms. The van der Waals surface area contributed by atoms with Crippen molar-refractivity contribution in [1.82, 2.24) is 15.5 Å². The van der Waals surface area contributed by atoms with Gasteiger partial charge in [0.15, 0.2) is 0 Å². The number of hydrogen-bond donors (Lipinski definition) is 3. The van der Waals surface area contributed by atoms with E-state index in [0.29, 0.717) is 5.39 Å². The van der Waals surface area contributed by atoms with Crippen LogP contribution in [0.1, 0.15) is 39.5 Å². The first-order chi connectivity index (χ1) is 14.1. The van der Waals surface area contributed by atoms with Crippen LogP contribution in [0.3, 0.4) is 0 Å². The van der Waals surface area contributed by atoms with E-state index in [-0.39, 0.29) is 18.0 Å². The van der Waals surface area contributed by atoms with E-state index in [1.54, 1.807) is 0 Å². The van der Waals surface area contributed by atoms with Crippen molar-refractivity contribution in [2.45, 2.75) is 39.5 Å². The Morgan fingerprint density at radius 2 is 1.70 bits per heavy atom. The van der Waals surface area contributed by atoms with E-state index in [9.17, 15) is 4.79 Å². The SMILES string of the molecule is CC(C)CCNCCCCCNc1cccc(-c2n[nH]c(=O)c3ccccc23)c1.Cl. The largest absolute Gasteiger partial charge is 0.385 e. The summed E-state index contributed by atoms with van der Waals surface area (Å²) in [7, 11) is 0. The molecule has 0 unspecified atom stereocenters. The summed E-state index contributed by atoms with van der Waals surface area (Å²) >= 11 is 0. The smallest absolute Gasteiger partial charge is 0.272 e. The highest BCUT2D eigenvalue weighted by Crippen LogP contribution is 2.26. The minimum absolute atomic E-state index is 0. The molecule has 3 aromatic rings. The maximum Gasteiger partial charge on any atom is 0.272 e. The van der Waals surface area contributed by atoms with Gasteiger partial charge < -0.3 is 10.6 Å². The van der Waals surface area contributed by atoms with Gasteiger partial charge in [-0.15, -0.1) is 12.4 Å². The highest BCUT2D eigenvalue weighted by Gasteiger charge is 2.08. The first-order valence-electron chi connectivity index (χ1n) is 10.7. The van der Waals surface area contributed by atoms with Gasteiger partial charge in [-0.3, -0.25) is 4.79 Å². The summed E-state index contributed by atoms with van der Waals surface area (Å²) in [6.07, 6.45) is 4.83. The summed E-state index contributed by atoms with van der Waals surface area (Å²) in [6.45, 7) is 7.70. The molecule has 0 amide bonds. The Bertz CT molecular complexity index is 971. The molecule has 1 aromatic heterocycles. The van der Waals surface area contributed by atoms with E-state index in [0.717, 1.165) is 54.3 Å². The molecular weight excluding hydrogens is 396 g/mol. The Morgan fingerprint density at radius 3 is 2.50 bits per heavy atom. The van der Waals surface area contributed by atoms with E-state index >= 15 is 0 Å². The van der Waals surface area contributed by atoms with E-state index in [4.69, 9.17) is 0 Å². The van der Waals surface area contributed by atoms with Crippen molar-refractivity contribution in [2.75, 3.05) is 25.0 Å². The fourth-order valence-corrected chi connectivity index (χ4v) is 3.41. The number of aromatic nitrogens is 2. The van der Waals surface area contributed by atoms with Crippen molar-refractivity contribution in [2.24, 2.45) is 5.92 Å². The lowest BCUT2D eigenvalue weighted by atomic mass is 10.0. The monoisotopic (exact) mass is 428 g/mol. The van der Waals surface area contributed by atoms with Crippen LogP contribution in [0.5, 0.6) is 0 Å². The van der Waals surface area contributed by atoms with Crippen molar-refractivity contribution in [3.63, 3.8) is 0 Å². The second-order valence-electron chi connectivity index (χ2n) is 7.95. The summed E-state index contributed by atoms with van der Waals surface area (Å²) in [5.74, 6) is 0.770. The molecule has 162 valence electrons. The van der Waals surface area contributed by atoms with Gasteiger partial charge in [-0.05, 0) is 56.5 Å². The fraction of sp³-hybridized carbons (Fsp3) is 0.417. The molecule has 0 fully saturated rings. The van der Waals surface area contributed by atoms with Gasteiger partial charge in [-0.25, -0.2) is 5.10 Å². The van der Waals surface area contributed by atoms with Crippen molar-refractivity contribution >= 4 is 28.9 Å². The average Bonchev–Trinajstić information content (AvgIpc) is 2.73. The topological polar surface area (TPSA) is 69.8 Å². The predicted octanol–water partition coefficient (Wildman–Crippen LogP) is 5.23. The number of halogens is 1. The van der Waals surface area contributed by atoms with Gasteiger partial charge in [-0.2, -0.15) is 5.10 Å².